The van der Waals surface area contributed by atoms with Crippen molar-refractivity contribution in [2.45, 2.75) is 50.6 Å². The molecule has 0 aliphatic carbocycles. The van der Waals surface area contributed by atoms with Gasteiger partial charge in [0, 0.05) is 33.9 Å². The van der Waals surface area contributed by atoms with Crippen molar-refractivity contribution < 1.29 is 9.59 Å². The summed E-state index contributed by atoms with van der Waals surface area (Å²) in [5.74, 6) is 0.704. The third-order valence-electron chi connectivity index (χ3n) is 4.58. The van der Waals surface area contributed by atoms with Gasteiger partial charge in [-0.3, -0.25) is 9.59 Å². The summed E-state index contributed by atoms with van der Waals surface area (Å²) in [5, 5.41) is 3.62. The van der Waals surface area contributed by atoms with E-state index in [1.54, 1.807) is 23.6 Å². The van der Waals surface area contributed by atoms with Gasteiger partial charge in [0.15, 0.2) is 0 Å². The molecule has 7 heteroatoms. The standard InChI is InChI=1S/C23H28BrClN2O2S/c1-3-13-26-23(29)17(2)27(16-18-6-4-7-19(24)15-18)22(28)8-5-14-30-21-11-9-20(25)10-12-21/h4,6-7,9-12,15,17H,3,5,8,13-14,16H2,1-2H3,(H,26,29)/t17-/m0/s1. The maximum atomic E-state index is 13.0. The molecule has 2 aromatic rings. The number of nitrogens with one attached hydrogen (secondary N) is 1. The van der Waals surface area contributed by atoms with E-state index in [1.807, 2.05) is 55.5 Å². The zero-order chi connectivity index (χ0) is 21.9. The first-order valence-corrected chi connectivity index (χ1v) is 12.3. The molecule has 1 atom stereocenters. The number of carbonyl (C=O) groups is 2. The molecule has 30 heavy (non-hydrogen) atoms. The lowest BCUT2D eigenvalue weighted by Crippen LogP contribution is -2.47. The van der Waals surface area contributed by atoms with Gasteiger partial charge in [-0.1, -0.05) is 46.6 Å². The van der Waals surface area contributed by atoms with Crippen LogP contribution in [0.15, 0.2) is 57.9 Å². The molecular formula is C23H28BrClN2O2S. The van der Waals surface area contributed by atoms with Crippen LogP contribution in [0.4, 0.5) is 0 Å². The van der Waals surface area contributed by atoms with E-state index in [1.165, 1.54) is 0 Å². The largest absolute Gasteiger partial charge is 0.354 e. The lowest BCUT2D eigenvalue weighted by molar-refractivity contribution is -0.140. The molecule has 0 aliphatic rings. The van der Waals surface area contributed by atoms with E-state index in [4.69, 9.17) is 11.6 Å². The highest BCUT2D eigenvalue weighted by molar-refractivity contribution is 9.10. The Morgan fingerprint density at radius 1 is 1.20 bits per heavy atom. The number of nitrogens with zero attached hydrogens (tertiary/aromatic N) is 1. The van der Waals surface area contributed by atoms with Crippen LogP contribution >= 0.6 is 39.3 Å². The van der Waals surface area contributed by atoms with Crippen molar-refractivity contribution in [3.05, 3.63) is 63.6 Å². The van der Waals surface area contributed by atoms with Crippen LogP contribution in [-0.4, -0.2) is 35.1 Å². The first-order valence-electron chi connectivity index (χ1n) is 10.1. The van der Waals surface area contributed by atoms with Gasteiger partial charge in [0.25, 0.3) is 0 Å². The Hall–Kier alpha value is -1.50. The molecule has 0 saturated heterocycles. The number of rotatable bonds is 11. The number of benzene rings is 2. The predicted octanol–water partition coefficient (Wildman–Crippen LogP) is 5.92. The summed E-state index contributed by atoms with van der Waals surface area (Å²) in [4.78, 5) is 28.3. The maximum Gasteiger partial charge on any atom is 0.242 e. The van der Waals surface area contributed by atoms with Gasteiger partial charge in [0.1, 0.15) is 6.04 Å². The van der Waals surface area contributed by atoms with Gasteiger partial charge in [0.05, 0.1) is 0 Å². The molecule has 2 amide bonds. The van der Waals surface area contributed by atoms with E-state index in [9.17, 15) is 9.59 Å². The minimum atomic E-state index is -0.521. The van der Waals surface area contributed by atoms with Crippen LogP contribution in [0.25, 0.3) is 0 Å². The van der Waals surface area contributed by atoms with Gasteiger partial charge in [0.2, 0.25) is 11.8 Å². The summed E-state index contributed by atoms with van der Waals surface area (Å²) in [6.45, 7) is 4.82. The van der Waals surface area contributed by atoms with E-state index in [0.717, 1.165) is 33.5 Å². The minimum Gasteiger partial charge on any atom is -0.354 e. The Morgan fingerprint density at radius 3 is 2.60 bits per heavy atom. The zero-order valence-electron chi connectivity index (χ0n) is 17.4. The van der Waals surface area contributed by atoms with Crippen molar-refractivity contribution in [3.8, 4) is 0 Å². The molecule has 0 aromatic heterocycles. The van der Waals surface area contributed by atoms with Crippen molar-refractivity contribution in [2.75, 3.05) is 12.3 Å². The van der Waals surface area contributed by atoms with Gasteiger partial charge < -0.3 is 10.2 Å². The van der Waals surface area contributed by atoms with Gasteiger partial charge in [-0.15, -0.1) is 11.8 Å². The van der Waals surface area contributed by atoms with Crippen LogP contribution in [0, 0.1) is 0 Å². The molecule has 0 bridgehead atoms. The van der Waals surface area contributed by atoms with Crippen LogP contribution in [0.3, 0.4) is 0 Å². The summed E-state index contributed by atoms with van der Waals surface area (Å²) in [6, 6.07) is 15.0. The van der Waals surface area contributed by atoms with Crippen LogP contribution in [0.5, 0.6) is 0 Å². The molecule has 0 spiro atoms. The van der Waals surface area contributed by atoms with Gasteiger partial charge >= 0.3 is 0 Å². The number of halogens is 2. The van der Waals surface area contributed by atoms with Crippen molar-refractivity contribution in [1.82, 2.24) is 10.2 Å². The Morgan fingerprint density at radius 2 is 1.93 bits per heavy atom. The molecule has 162 valence electrons. The van der Waals surface area contributed by atoms with E-state index < -0.39 is 6.04 Å². The SMILES string of the molecule is CCCNC(=O)[C@H](C)N(Cc1cccc(Br)c1)C(=O)CCCSc1ccc(Cl)cc1. The highest BCUT2D eigenvalue weighted by Gasteiger charge is 2.25. The second kappa shape index (κ2) is 13.0. The van der Waals surface area contributed by atoms with E-state index in [2.05, 4.69) is 21.2 Å². The van der Waals surface area contributed by atoms with Gasteiger partial charge in [-0.25, -0.2) is 0 Å². The number of amides is 2. The summed E-state index contributed by atoms with van der Waals surface area (Å²) in [7, 11) is 0. The lowest BCUT2D eigenvalue weighted by Gasteiger charge is -2.29. The van der Waals surface area contributed by atoms with Crippen LogP contribution in [-0.2, 0) is 16.1 Å². The first kappa shape index (κ1) is 24.8. The molecular weight excluding hydrogens is 484 g/mol. The van der Waals surface area contributed by atoms with E-state index in [-0.39, 0.29) is 11.8 Å². The highest BCUT2D eigenvalue weighted by Crippen LogP contribution is 2.22. The number of thioether (sulfide) groups is 1. The third kappa shape index (κ3) is 8.32. The van der Waals surface area contributed by atoms with Crippen molar-refractivity contribution in [2.24, 2.45) is 0 Å². The van der Waals surface area contributed by atoms with Gasteiger partial charge in [-0.2, -0.15) is 0 Å². The smallest absolute Gasteiger partial charge is 0.242 e. The molecule has 4 nitrogen and oxygen atoms in total. The Bertz CT molecular complexity index is 832. The molecule has 0 fully saturated rings. The Labute approximate surface area is 196 Å². The second-order valence-corrected chi connectivity index (χ2v) is 9.54. The summed E-state index contributed by atoms with van der Waals surface area (Å²) in [6.07, 6.45) is 2.00. The number of hydrogen-bond acceptors (Lipinski definition) is 3. The Kier molecular flexibility index (Phi) is 10.8. The maximum absolute atomic E-state index is 13.0. The highest BCUT2D eigenvalue weighted by atomic mass is 79.9. The average molecular weight is 512 g/mol. The van der Waals surface area contributed by atoms with Crippen LogP contribution in [0.1, 0.15) is 38.7 Å². The normalized spacial score (nSPS) is 11.7. The van der Waals surface area contributed by atoms with Crippen molar-refractivity contribution in [3.63, 3.8) is 0 Å². The number of hydrogen-bond donors (Lipinski definition) is 1. The van der Waals surface area contributed by atoms with Crippen molar-refractivity contribution in [1.29, 1.82) is 0 Å². The second-order valence-electron chi connectivity index (χ2n) is 7.02. The van der Waals surface area contributed by atoms with Crippen LogP contribution < -0.4 is 5.32 Å². The number of carbonyl (C=O) groups excluding carboxylic acids is 2. The molecule has 2 rings (SSSR count). The van der Waals surface area contributed by atoms with Gasteiger partial charge in [-0.05, 0) is 67.5 Å². The molecule has 0 radical (unpaired) electrons. The fourth-order valence-corrected chi connectivity index (χ4v) is 4.32. The predicted molar refractivity (Wildman–Crippen MR) is 129 cm³/mol. The molecule has 0 saturated carbocycles. The summed E-state index contributed by atoms with van der Waals surface area (Å²) in [5.41, 5.74) is 0.989. The average Bonchev–Trinajstić information content (AvgIpc) is 2.74. The molecule has 1 N–H and O–H groups in total. The Balaban J connectivity index is 1.97. The van der Waals surface area contributed by atoms with Crippen LogP contribution in [0.2, 0.25) is 5.02 Å². The quantitative estimate of drug-likeness (QED) is 0.301. The minimum absolute atomic E-state index is 0.00849. The molecule has 0 unspecified atom stereocenters. The monoisotopic (exact) mass is 510 g/mol. The summed E-state index contributed by atoms with van der Waals surface area (Å²) < 4.78 is 0.954. The molecule has 2 aromatic carbocycles. The zero-order valence-corrected chi connectivity index (χ0v) is 20.5. The lowest BCUT2D eigenvalue weighted by atomic mass is 10.1. The molecule has 0 heterocycles. The van der Waals surface area contributed by atoms with E-state index in [0.29, 0.717) is 24.5 Å². The topological polar surface area (TPSA) is 49.4 Å². The molecule has 0 aliphatic heterocycles. The van der Waals surface area contributed by atoms with Crippen molar-refractivity contribution >= 4 is 51.1 Å². The first-order chi connectivity index (χ1) is 14.4. The summed E-state index contributed by atoms with van der Waals surface area (Å²) >= 11 is 11.1. The van der Waals surface area contributed by atoms with E-state index >= 15 is 0 Å². The fraction of sp³-hybridized carbons (Fsp3) is 0.391. The third-order valence-corrected chi connectivity index (χ3v) is 6.42. The fourth-order valence-electron chi connectivity index (χ4n) is 2.90.